The summed E-state index contributed by atoms with van der Waals surface area (Å²) in [7, 11) is 0. The number of carbonyl (C=O) groups is 4. The van der Waals surface area contributed by atoms with E-state index >= 15 is 0 Å². The molecule has 0 aliphatic carbocycles. The van der Waals surface area contributed by atoms with Crippen molar-refractivity contribution in [2.45, 2.75) is 24.7 Å². The molecule has 20 nitrogen and oxygen atoms in total. The van der Waals surface area contributed by atoms with Crippen LogP contribution in [0.5, 0.6) is 0 Å². The van der Waals surface area contributed by atoms with Gasteiger partial charge in [0.05, 0.1) is 49.6 Å². The lowest BCUT2D eigenvalue weighted by molar-refractivity contribution is -0.956. The summed E-state index contributed by atoms with van der Waals surface area (Å²) >= 11 is 0. The van der Waals surface area contributed by atoms with Crippen LogP contribution >= 0.6 is 0 Å². The van der Waals surface area contributed by atoms with Crippen LogP contribution in [0.2, 0.25) is 0 Å². The highest BCUT2D eigenvalue weighted by Gasteiger charge is 2.71. The van der Waals surface area contributed by atoms with Crippen molar-refractivity contribution in [1.82, 2.24) is 69.4 Å². The summed E-state index contributed by atoms with van der Waals surface area (Å²) in [5.74, 6) is 0.661. The van der Waals surface area contributed by atoms with Crippen molar-refractivity contribution in [1.29, 1.82) is 0 Å². The molecule has 2 unspecified atom stereocenters. The summed E-state index contributed by atoms with van der Waals surface area (Å²) in [5.41, 5.74) is 3.09. The lowest BCUT2D eigenvalue weighted by Gasteiger charge is -2.54. The van der Waals surface area contributed by atoms with E-state index in [4.69, 9.17) is 0 Å². The fraction of sp³-hybridized carbons (Fsp3) is 0.588. The zero-order valence-corrected chi connectivity index (χ0v) is 52.2. The van der Waals surface area contributed by atoms with Gasteiger partial charge in [-0.3, -0.25) is 48.8 Å². The van der Waals surface area contributed by atoms with Crippen LogP contribution in [0.3, 0.4) is 0 Å². The molecule has 12 saturated heterocycles. The lowest BCUT2D eigenvalue weighted by Crippen LogP contribution is -2.80. The van der Waals surface area contributed by atoms with E-state index in [2.05, 4.69) is 59.6 Å². The summed E-state index contributed by atoms with van der Waals surface area (Å²) in [5, 5.41) is 7.00. The Morgan fingerprint density at radius 3 is 0.818 bits per heavy atom. The standard InChI is InChI=1S/C24H28N4O2.C24H30N4O2.C10H18N4.C10H22N4/c29-23(19-7-3-1-4-8-19)27-15-11-25-14-18-28(24(30)20-9-5-2-6-10-20)16-12-26(13-17-27)22(28)21(25)27;29-23(21-7-3-1-4-8-21)27-17-13-25-11-12-26(14-18-27)16-20-28(19-15-25)24(30)22-9-5-2-6-10-22;1-2-12-7-8-14-4-3-13-6-5-11(1)9(12)10(13)14;1-5-13-7-3-12-4-8-14(10-9-13)6-2-11-1/h1-10,21-22H,11-18H2;1-10H,11-20H2;9-10H,1-8H2;11-12H,1-10H2/q+2;;;. The summed E-state index contributed by atoms with van der Waals surface area (Å²) in [6, 6.07) is 38.6. The zero-order chi connectivity index (χ0) is 59.9. The first-order chi connectivity index (χ1) is 43.2. The molecular weight excluding hydrogens is 1100 g/mol. The Bertz CT molecular complexity index is 2710. The molecule has 2 atom stereocenters. The van der Waals surface area contributed by atoms with Crippen LogP contribution in [-0.2, 0) is 0 Å². The average molecular weight is 1200 g/mol. The van der Waals surface area contributed by atoms with E-state index in [-0.39, 0.29) is 36.0 Å². The third kappa shape index (κ3) is 13.2. The van der Waals surface area contributed by atoms with Crippen LogP contribution in [0.1, 0.15) is 41.4 Å². The molecule has 2 N–H and O–H groups in total. The predicted molar refractivity (Wildman–Crippen MR) is 342 cm³/mol. The molecular formula is C68H98N16O4+2. The summed E-state index contributed by atoms with van der Waals surface area (Å²) < 4.78 is 0.959. The Morgan fingerprint density at radius 1 is 0.284 bits per heavy atom. The maximum atomic E-state index is 13.8. The second-order valence-electron chi connectivity index (χ2n) is 26.4. The molecule has 0 spiro atoms. The number of nitrogens with one attached hydrogen (secondary N) is 2. The molecule has 0 radical (unpaired) electrons. The number of hydrogen-bond acceptors (Lipinski definition) is 16. The van der Waals surface area contributed by atoms with Crippen molar-refractivity contribution >= 4 is 23.6 Å². The normalized spacial score (nSPS) is 32.6. The van der Waals surface area contributed by atoms with Gasteiger partial charge in [-0.15, -0.1) is 0 Å². The van der Waals surface area contributed by atoms with E-state index < -0.39 is 0 Å². The maximum Gasteiger partial charge on any atom is 0.347 e. The van der Waals surface area contributed by atoms with Gasteiger partial charge in [0.15, 0.2) is 0 Å². The van der Waals surface area contributed by atoms with Crippen LogP contribution in [0, 0.1) is 0 Å². The van der Waals surface area contributed by atoms with Gasteiger partial charge < -0.3 is 20.4 Å². The third-order valence-corrected chi connectivity index (χ3v) is 21.7. The van der Waals surface area contributed by atoms with Gasteiger partial charge in [0.25, 0.3) is 11.8 Å². The minimum atomic E-state index is 0.0652. The number of carbonyl (C=O) groups excluding carboxylic acids is 4. The van der Waals surface area contributed by atoms with Gasteiger partial charge in [-0.05, 0) is 48.5 Å². The quantitative estimate of drug-likeness (QED) is 0.284. The van der Waals surface area contributed by atoms with E-state index in [1.165, 1.54) is 91.6 Å². The highest BCUT2D eigenvalue weighted by molar-refractivity contribution is 5.95. The predicted octanol–water partition coefficient (Wildman–Crippen LogP) is 1.21. The summed E-state index contributed by atoms with van der Waals surface area (Å²) in [6.45, 7) is 37.5. The number of benzene rings is 4. The SMILES string of the molecule is C1CN2CCN3CCN4CCN1C2C43.C1CN2CCNCCN(CCN1)CC2.O=C(c1ccccc1)N1CCN2CCN(CC1)CCN(C(=O)c1ccccc1)CC2.O=C(c1ccccc1)[N+]12CCN3CC[N+]4(C(=O)c5ccccc5)CCN(CC1)C4C32. The molecule has 4 aromatic rings. The van der Waals surface area contributed by atoms with E-state index in [1.54, 1.807) is 0 Å². The molecule has 0 saturated carbocycles. The second-order valence-corrected chi connectivity index (χ2v) is 26.4. The van der Waals surface area contributed by atoms with Crippen LogP contribution in [-0.4, -0.2) is 352 Å². The molecule has 472 valence electrons. The van der Waals surface area contributed by atoms with Gasteiger partial charge in [0.2, 0.25) is 12.3 Å². The van der Waals surface area contributed by atoms with Gasteiger partial charge in [-0.25, -0.2) is 28.4 Å². The van der Waals surface area contributed by atoms with E-state index in [0.717, 1.165) is 152 Å². The molecule has 12 fully saturated rings. The fourth-order valence-electron chi connectivity index (χ4n) is 16.6. The molecule has 0 aromatic heterocycles. The van der Waals surface area contributed by atoms with Gasteiger partial charge in [0.1, 0.15) is 26.2 Å². The highest BCUT2D eigenvalue weighted by Crippen LogP contribution is 2.45. The van der Waals surface area contributed by atoms with E-state index in [1.807, 2.05) is 131 Å². The van der Waals surface area contributed by atoms with Crippen molar-refractivity contribution in [2.24, 2.45) is 0 Å². The first-order valence-corrected chi connectivity index (χ1v) is 33.6. The number of amides is 4. The Morgan fingerprint density at radius 2 is 0.534 bits per heavy atom. The number of fused-ring (bicyclic) bond motifs is 6. The topological polar surface area (TPSA) is 131 Å². The zero-order valence-electron chi connectivity index (χ0n) is 52.2. The van der Waals surface area contributed by atoms with E-state index in [0.29, 0.717) is 35.1 Å². The molecule has 88 heavy (non-hydrogen) atoms. The molecule has 4 bridgehead atoms. The summed E-state index contributed by atoms with van der Waals surface area (Å²) in [4.78, 5) is 83.3. The van der Waals surface area contributed by atoms with Crippen LogP contribution < -0.4 is 10.6 Å². The molecule has 16 rings (SSSR count). The molecule has 12 aliphatic heterocycles. The van der Waals surface area contributed by atoms with Crippen molar-refractivity contribution in [3.63, 3.8) is 0 Å². The van der Waals surface area contributed by atoms with E-state index in [9.17, 15) is 19.2 Å². The van der Waals surface area contributed by atoms with Crippen molar-refractivity contribution in [3.8, 4) is 0 Å². The van der Waals surface area contributed by atoms with Gasteiger partial charge in [-0.1, -0.05) is 72.8 Å². The van der Waals surface area contributed by atoms with Crippen LogP contribution in [0.15, 0.2) is 121 Å². The van der Waals surface area contributed by atoms with Crippen molar-refractivity contribution in [2.75, 3.05) is 236 Å². The van der Waals surface area contributed by atoms with Crippen LogP contribution in [0.25, 0.3) is 0 Å². The highest BCUT2D eigenvalue weighted by atomic mass is 16.2. The molecule has 20 heteroatoms. The minimum absolute atomic E-state index is 0.0652. The first-order valence-electron chi connectivity index (χ1n) is 33.6. The van der Waals surface area contributed by atoms with Crippen molar-refractivity contribution in [3.05, 3.63) is 144 Å². The smallest absolute Gasteiger partial charge is 0.336 e. The molecule has 12 heterocycles. The van der Waals surface area contributed by atoms with Gasteiger partial charge >= 0.3 is 11.8 Å². The molecule has 4 aromatic carbocycles. The van der Waals surface area contributed by atoms with Crippen LogP contribution in [0.4, 0.5) is 0 Å². The maximum absolute atomic E-state index is 13.8. The lowest BCUT2D eigenvalue weighted by atomic mass is 10.0. The number of nitrogens with zero attached hydrogens (tertiary/aromatic N) is 14. The number of hydrogen-bond donors (Lipinski definition) is 2. The Hall–Kier alpha value is -5.40. The summed E-state index contributed by atoms with van der Waals surface area (Å²) in [6.07, 6.45) is 1.60. The fourth-order valence-corrected chi connectivity index (χ4v) is 16.6. The number of piperazine rings is 4. The number of rotatable bonds is 4. The minimum Gasteiger partial charge on any atom is -0.336 e. The number of quaternary nitrogens is 2. The molecule has 12 aliphatic rings. The Balaban J connectivity index is 0.000000115. The second kappa shape index (κ2) is 28.4. The monoisotopic (exact) mass is 1200 g/mol. The largest absolute Gasteiger partial charge is 0.347 e. The third-order valence-electron chi connectivity index (χ3n) is 21.7. The van der Waals surface area contributed by atoms with Gasteiger partial charge in [0, 0.05) is 194 Å². The first kappa shape index (κ1) is 61.5. The van der Waals surface area contributed by atoms with Crippen molar-refractivity contribution < 1.29 is 28.1 Å². The van der Waals surface area contributed by atoms with Gasteiger partial charge in [-0.2, -0.15) is 0 Å². The Kier molecular flexibility index (Phi) is 19.8. The average Bonchev–Trinajstić information content (AvgIpc) is 1.52. The Labute approximate surface area is 522 Å². The molecule has 4 amide bonds.